The van der Waals surface area contributed by atoms with Gasteiger partial charge in [-0.3, -0.25) is 0 Å². The molecule has 0 spiro atoms. The number of aromatic nitrogens is 1. The number of nitrogens with two attached hydrogens (primary N) is 1. The fourth-order valence-electron chi connectivity index (χ4n) is 1.68. The molecule has 1 rings (SSSR count). The Kier molecular flexibility index (Phi) is 4.93. The van der Waals surface area contributed by atoms with Crippen molar-refractivity contribution in [3.8, 4) is 0 Å². The first-order chi connectivity index (χ1) is 7.45. The Morgan fingerprint density at radius 3 is 2.25 bits per heavy atom. The van der Waals surface area contributed by atoms with Gasteiger partial charge in [-0.15, -0.1) is 11.3 Å². The fourth-order valence-corrected chi connectivity index (χ4v) is 2.84. The smallest absolute Gasteiger partial charge is 0.0971 e. The van der Waals surface area contributed by atoms with Gasteiger partial charge in [0.05, 0.1) is 10.7 Å². The Hall–Kier alpha value is -0.410. The molecule has 0 aliphatic heterocycles. The van der Waals surface area contributed by atoms with Crippen LogP contribution in [-0.4, -0.2) is 11.5 Å². The standard InChI is InChI=1S/C13H24N2S/c1-8(2)6-11-12(9(3)4)16-13(15-11)10(5)7-14/h8-10H,6-7,14H2,1-5H3. The molecule has 1 atom stereocenters. The van der Waals surface area contributed by atoms with Crippen molar-refractivity contribution in [3.05, 3.63) is 15.6 Å². The molecule has 0 amide bonds. The second-order valence-electron chi connectivity index (χ2n) is 5.25. The molecular weight excluding hydrogens is 216 g/mol. The van der Waals surface area contributed by atoms with Crippen molar-refractivity contribution in [1.29, 1.82) is 0 Å². The summed E-state index contributed by atoms with van der Waals surface area (Å²) in [7, 11) is 0. The summed E-state index contributed by atoms with van der Waals surface area (Å²) in [5.74, 6) is 1.63. The van der Waals surface area contributed by atoms with Crippen LogP contribution in [0.5, 0.6) is 0 Å². The monoisotopic (exact) mass is 240 g/mol. The van der Waals surface area contributed by atoms with E-state index in [1.807, 2.05) is 11.3 Å². The van der Waals surface area contributed by atoms with Crippen LogP contribution in [0.15, 0.2) is 0 Å². The van der Waals surface area contributed by atoms with Gasteiger partial charge in [-0.2, -0.15) is 0 Å². The van der Waals surface area contributed by atoms with Gasteiger partial charge in [0.15, 0.2) is 0 Å². The quantitative estimate of drug-likeness (QED) is 0.855. The zero-order valence-corrected chi connectivity index (χ0v) is 11.9. The highest BCUT2D eigenvalue weighted by molar-refractivity contribution is 7.11. The molecule has 2 N–H and O–H groups in total. The van der Waals surface area contributed by atoms with E-state index >= 15 is 0 Å². The van der Waals surface area contributed by atoms with Crippen LogP contribution in [0.25, 0.3) is 0 Å². The van der Waals surface area contributed by atoms with E-state index in [1.165, 1.54) is 15.6 Å². The topological polar surface area (TPSA) is 38.9 Å². The van der Waals surface area contributed by atoms with Crippen molar-refractivity contribution in [3.63, 3.8) is 0 Å². The number of rotatable bonds is 5. The highest BCUT2D eigenvalue weighted by Gasteiger charge is 2.17. The van der Waals surface area contributed by atoms with Crippen molar-refractivity contribution >= 4 is 11.3 Å². The zero-order valence-electron chi connectivity index (χ0n) is 11.1. The Balaban J connectivity index is 3.00. The summed E-state index contributed by atoms with van der Waals surface area (Å²) in [5, 5.41) is 1.21. The third-order valence-corrected chi connectivity index (χ3v) is 4.27. The van der Waals surface area contributed by atoms with Crippen LogP contribution in [0, 0.1) is 5.92 Å². The largest absolute Gasteiger partial charge is 0.330 e. The van der Waals surface area contributed by atoms with Crippen molar-refractivity contribution < 1.29 is 0 Å². The minimum atomic E-state index is 0.392. The molecule has 0 fully saturated rings. The molecule has 92 valence electrons. The molecule has 1 heterocycles. The van der Waals surface area contributed by atoms with Crippen molar-refractivity contribution in [1.82, 2.24) is 4.98 Å². The van der Waals surface area contributed by atoms with E-state index in [4.69, 9.17) is 10.7 Å². The van der Waals surface area contributed by atoms with Gasteiger partial charge in [0, 0.05) is 17.3 Å². The first-order valence-corrected chi connectivity index (χ1v) is 6.96. The lowest BCUT2D eigenvalue weighted by molar-refractivity contribution is 0.626. The normalized spacial score (nSPS) is 13.8. The molecule has 16 heavy (non-hydrogen) atoms. The van der Waals surface area contributed by atoms with Crippen LogP contribution in [0.4, 0.5) is 0 Å². The second kappa shape index (κ2) is 5.78. The maximum Gasteiger partial charge on any atom is 0.0971 e. The third kappa shape index (κ3) is 3.29. The molecule has 2 nitrogen and oxygen atoms in total. The van der Waals surface area contributed by atoms with Crippen LogP contribution in [0.3, 0.4) is 0 Å². The summed E-state index contributed by atoms with van der Waals surface area (Å²) >= 11 is 1.85. The van der Waals surface area contributed by atoms with E-state index in [0.717, 1.165) is 6.42 Å². The molecule has 1 aromatic heterocycles. The van der Waals surface area contributed by atoms with Gasteiger partial charge >= 0.3 is 0 Å². The van der Waals surface area contributed by atoms with Crippen LogP contribution in [0.1, 0.15) is 62.0 Å². The van der Waals surface area contributed by atoms with E-state index in [1.54, 1.807) is 0 Å². The van der Waals surface area contributed by atoms with Crippen LogP contribution < -0.4 is 5.73 Å². The molecule has 0 radical (unpaired) electrons. The van der Waals surface area contributed by atoms with Gasteiger partial charge in [0.25, 0.3) is 0 Å². The predicted molar refractivity (Wildman–Crippen MR) is 72.2 cm³/mol. The Morgan fingerprint density at radius 2 is 1.81 bits per heavy atom. The lowest BCUT2D eigenvalue weighted by atomic mass is 10.0. The molecule has 0 aromatic carbocycles. The van der Waals surface area contributed by atoms with Crippen molar-refractivity contribution in [2.45, 2.75) is 52.9 Å². The summed E-state index contributed by atoms with van der Waals surface area (Å²) in [6.45, 7) is 11.8. The Morgan fingerprint density at radius 1 is 1.19 bits per heavy atom. The van der Waals surface area contributed by atoms with E-state index in [9.17, 15) is 0 Å². The molecule has 0 aliphatic rings. The van der Waals surface area contributed by atoms with Gasteiger partial charge in [0.2, 0.25) is 0 Å². The lowest BCUT2D eigenvalue weighted by Crippen LogP contribution is -2.08. The molecule has 0 saturated heterocycles. The number of nitrogens with zero attached hydrogens (tertiary/aromatic N) is 1. The average molecular weight is 240 g/mol. The predicted octanol–water partition coefficient (Wildman–Crippen LogP) is 3.53. The highest BCUT2D eigenvalue weighted by atomic mass is 32.1. The van der Waals surface area contributed by atoms with E-state index in [0.29, 0.717) is 24.3 Å². The van der Waals surface area contributed by atoms with E-state index < -0.39 is 0 Å². The van der Waals surface area contributed by atoms with Crippen molar-refractivity contribution in [2.75, 3.05) is 6.54 Å². The van der Waals surface area contributed by atoms with Gasteiger partial charge in [-0.1, -0.05) is 34.6 Å². The highest BCUT2D eigenvalue weighted by Crippen LogP contribution is 2.31. The molecule has 0 saturated carbocycles. The van der Waals surface area contributed by atoms with E-state index in [-0.39, 0.29) is 0 Å². The van der Waals surface area contributed by atoms with Crippen molar-refractivity contribution in [2.24, 2.45) is 11.7 Å². The molecule has 3 heteroatoms. The number of hydrogen-bond acceptors (Lipinski definition) is 3. The summed E-state index contributed by atoms with van der Waals surface area (Å²) in [6.07, 6.45) is 1.08. The molecule has 0 aliphatic carbocycles. The first kappa shape index (κ1) is 13.7. The minimum Gasteiger partial charge on any atom is -0.330 e. The lowest BCUT2D eigenvalue weighted by Gasteiger charge is -2.06. The average Bonchev–Trinajstić information content (AvgIpc) is 2.59. The molecule has 1 unspecified atom stereocenters. The van der Waals surface area contributed by atoms with Gasteiger partial charge in [-0.25, -0.2) is 4.98 Å². The molecule has 0 bridgehead atoms. The second-order valence-corrected chi connectivity index (χ2v) is 6.31. The van der Waals surface area contributed by atoms with Gasteiger partial charge < -0.3 is 5.73 Å². The molecular formula is C13H24N2S. The third-order valence-electron chi connectivity index (χ3n) is 2.65. The number of thiazole rings is 1. The van der Waals surface area contributed by atoms with Crippen LogP contribution in [0.2, 0.25) is 0 Å². The summed E-state index contributed by atoms with van der Waals surface area (Å²) in [6, 6.07) is 0. The first-order valence-electron chi connectivity index (χ1n) is 6.15. The number of hydrogen-bond donors (Lipinski definition) is 1. The Bertz CT molecular complexity index is 329. The summed E-state index contributed by atoms with van der Waals surface area (Å²) in [4.78, 5) is 6.23. The van der Waals surface area contributed by atoms with Crippen LogP contribution >= 0.6 is 11.3 Å². The van der Waals surface area contributed by atoms with Gasteiger partial charge in [0.1, 0.15) is 0 Å². The van der Waals surface area contributed by atoms with E-state index in [2.05, 4.69) is 34.6 Å². The Labute approximate surface area is 103 Å². The zero-order chi connectivity index (χ0) is 12.3. The minimum absolute atomic E-state index is 0.392. The SMILES string of the molecule is CC(C)Cc1nc(C(C)CN)sc1C(C)C. The van der Waals surface area contributed by atoms with Gasteiger partial charge in [-0.05, 0) is 18.3 Å². The maximum absolute atomic E-state index is 5.71. The summed E-state index contributed by atoms with van der Waals surface area (Å²) in [5.41, 5.74) is 7.00. The fraction of sp³-hybridized carbons (Fsp3) is 0.769. The maximum atomic E-state index is 5.71. The van der Waals surface area contributed by atoms with Crippen LogP contribution in [-0.2, 0) is 6.42 Å². The molecule has 1 aromatic rings. The summed E-state index contributed by atoms with van der Waals surface area (Å²) < 4.78 is 0.